The first kappa shape index (κ1) is 12.4. The summed E-state index contributed by atoms with van der Waals surface area (Å²) in [7, 11) is 4.15. The maximum Gasteiger partial charge on any atom is 0.114 e. The predicted molar refractivity (Wildman–Crippen MR) is 65.5 cm³/mol. The van der Waals surface area contributed by atoms with Gasteiger partial charge in [0, 0.05) is 18.9 Å². The summed E-state index contributed by atoms with van der Waals surface area (Å²) in [6.45, 7) is 2.94. The highest BCUT2D eigenvalue weighted by Crippen LogP contribution is 2.20. The zero-order valence-corrected chi connectivity index (χ0v) is 10.5. The first-order valence-electron chi connectivity index (χ1n) is 6.01. The van der Waals surface area contributed by atoms with Crippen molar-refractivity contribution in [3.63, 3.8) is 0 Å². The van der Waals surface area contributed by atoms with Gasteiger partial charge in [-0.1, -0.05) is 0 Å². The van der Waals surface area contributed by atoms with Gasteiger partial charge in [-0.05, 0) is 33.6 Å². The summed E-state index contributed by atoms with van der Waals surface area (Å²) >= 11 is 0. The molecule has 1 N–H and O–H groups in total. The molecule has 17 heavy (non-hydrogen) atoms. The molecule has 2 atom stereocenters. The lowest BCUT2D eigenvalue weighted by Crippen LogP contribution is -2.42. The third-order valence-electron chi connectivity index (χ3n) is 3.37. The molecular formula is C12H20N4O. The highest BCUT2D eigenvalue weighted by molar-refractivity contribution is 5.04. The van der Waals surface area contributed by atoms with E-state index < -0.39 is 6.10 Å². The van der Waals surface area contributed by atoms with Crippen molar-refractivity contribution < 1.29 is 5.11 Å². The van der Waals surface area contributed by atoms with Gasteiger partial charge >= 0.3 is 0 Å². The Labute approximate surface area is 102 Å². The second-order valence-corrected chi connectivity index (χ2v) is 4.74. The molecule has 0 aliphatic carbocycles. The van der Waals surface area contributed by atoms with E-state index in [1.54, 1.807) is 18.6 Å². The zero-order valence-electron chi connectivity index (χ0n) is 10.5. The molecule has 94 valence electrons. The Morgan fingerprint density at radius 2 is 2.18 bits per heavy atom. The number of hydrogen-bond donors (Lipinski definition) is 1. The standard InChI is InChI=1S/C12H20N4O/c1-15-6-3-7-16(2)11(9-15)12(17)10-8-13-4-5-14-10/h4-5,8,11-12,17H,3,6-7,9H2,1-2H3. The minimum Gasteiger partial charge on any atom is -0.385 e. The van der Waals surface area contributed by atoms with Gasteiger partial charge in [0.05, 0.1) is 17.9 Å². The number of rotatable bonds is 2. The van der Waals surface area contributed by atoms with Gasteiger partial charge in [0.15, 0.2) is 0 Å². The van der Waals surface area contributed by atoms with Crippen LogP contribution >= 0.6 is 0 Å². The molecule has 5 heteroatoms. The van der Waals surface area contributed by atoms with Gasteiger partial charge < -0.3 is 10.0 Å². The van der Waals surface area contributed by atoms with Gasteiger partial charge in [-0.25, -0.2) is 0 Å². The average Bonchev–Trinajstić information content (AvgIpc) is 2.51. The first-order chi connectivity index (χ1) is 8.18. The van der Waals surface area contributed by atoms with Crippen molar-refractivity contribution in [1.29, 1.82) is 0 Å². The number of aromatic nitrogens is 2. The molecule has 2 unspecified atom stereocenters. The van der Waals surface area contributed by atoms with E-state index in [2.05, 4.69) is 33.9 Å². The van der Waals surface area contributed by atoms with Crippen molar-refractivity contribution in [2.45, 2.75) is 18.6 Å². The topological polar surface area (TPSA) is 52.5 Å². The van der Waals surface area contributed by atoms with Crippen LogP contribution in [0.4, 0.5) is 0 Å². The van der Waals surface area contributed by atoms with Gasteiger partial charge in [-0.2, -0.15) is 0 Å². The molecule has 0 aromatic carbocycles. The van der Waals surface area contributed by atoms with Crippen LogP contribution in [0.25, 0.3) is 0 Å². The Bertz CT molecular complexity index is 346. The Morgan fingerprint density at radius 1 is 1.35 bits per heavy atom. The number of hydrogen-bond acceptors (Lipinski definition) is 5. The summed E-state index contributed by atoms with van der Waals surface area (Å²) in [6.07, 6.45) is 5.45. The molecule has 2 heterocycles. The SMILES string of the molecule is CN1CCCN(C)C(C(O)c2cnccn2)C1. The van der Waals surface area contributed by atoms with Crippen LogP contribution in [-0.4, -0.2) is 64.6 Å². The molecule has 0 amide bonds. The largest absolute Gasteiger partial charge is 0.385 e. The van der Waals surface area contributed by atoms with Crippen LogP contribution in [0.5, 0.6) is 0 Å². The fourth-order valence-electron chi connectivity index (χ4n) is 2.31. The van der Waals surface area contributed by atoms with E-state index >= 15 is 0 Å². The molecule has 0 saturated carbocycles. The Morgan fingerprint density at radius 3 is 2.88 bits per heavy atom. The van der Waals surface area contributed by atoms with Gasteiger partial charge in [-0.15, -0.1) is 0 Å². The number of aliphatic hydroxyl groups excluding tert-OH is 1. The maximum atomic E-state index is 10.4. The molecule has 1 fully saturated rings. The Balaban J connectivity index is 2.13. The normalized spacial score (nSPS) is 25.5. The van der Waals surface area contributed by atoms with Crippen molar-refractivity contribution in [3.8, 4) is 0 Å². The third-order valence-corrected chi connectivity index (χ3v) is 3.37. The quantitative estimate of drug-likeness (QED) is 0.792. The van der Waals surface area contributed by atoms with Gasteiger partial charge in [0.2, 0.25) is 0 Å². The van der Waals surface area contributed by atoms with Crippen LogP contribution in [0.1, 0.15) is 18.2 Å². The van der Waals surface area contributed by atoms with E-state index in [1.807, 2.05) is 0 Å². The number of likely N-dealkylation sites (N-methyl/N-ethyl adjacent to an activating group) is 2. The second kappa shape index (κ2) is 5.53. The number of nitrogens with zero attached hydrogens (tertiary/aromatic N) is 4. The fourth-order valence-corrected chi connectivity index (χ4v) is 2.31. The highest BCUT2D eigenvalue weighted by Gasteiger charge is 2.28. The summed E-state index contributed by atoms with van der Waals surface area (Å²) in [6, 6.07) is 0.0826. The highest BCUT2D eigenvalue weighted by atomic mass is 16.3. The summed E-state index contributed by atoms with van der Waals surface area (Å²) < 4.78 is 0. The molecule has 1 aromatic rings. The molecule has 5 nitrogen and oxygen atoms in total. The van der Waals surface area contributed by atoms with E-state index in [0.717, 1.165) is 26.1 Å². The molecule has 0 spiro atoms. The van der Waals surface area contributed by atoms with Crippen LogP contribution < -0.4 is 0 Å². The van der Waals surface area contributed by atoms with Crippen LogP contribution in [0, 0.1) is 0 Å². The smallest absolute Gasteiger partial charge is 0.114 e. The lowest BCUT2D eigenvalue weighted by atomic mass is 10.1. The first-order valence-corrected chi connectivity index (χ1v) is 6.01. The van der Waals surface area contributed by atoms with Gasteiger partial charge in [-0.3, -0.25) is 14.9 Å². The molecule has 1 aliphatic rings. The Kier molecular flexibility index (Phi) is 4.04. The number of aliphatic hydroxyl groups is 1. The molecule has 2 rings (SSSR count). The Hall–Kier alpha value is -1.04. The third kappa shape index (κ3) is 3.00. The van der Waals surface area contributed by atoms with E-state index in [-0.39, 0.29) is 6.04 Å². The minimum atomic E-state index is -0.575. The van der Waals surface area contributed by atoms with Crippen LogP contribution in [0.2, 0.25) is 0 Å². The molecule has 1 aliphatic heterocycles. The molecule has 0 bridgehead atoms. The van der Waals surface area contributed by atoms with E-state index in [4.69, 9.17) is 0 Å². The average molecular weight is 236 g/mol. The van der Waals surface area contributed by atoms with Crippen LogP contribution in [0.3, 0.4) is 0 Å². The van der Waals surface area contributed by atoms with Crippen LogP contribution in [-0.2, 0) is 0 Å². The molecule has 1 aromatic heterocycles. The van der Waals surface area contributed by atoms with E-state index in [9.17, 15) is 5.11 Å². The van der Waals surface area contributed by atoms with Crippen molar-refractivity contribution in [2.24, 2.45) is 0 Å². The van der Waals surface area contributed by atoms with Crippen LogP contribution in [0.15, 0.2) is 18.6 Å². The van der Waals surface area contributed by atoms with Crippen molar-refractivity contribution in [3.05, 3.63) is 24.3 Å². The second-order valence-electron chi connectivity index (χ2n) is 4.74. The predicted octanol–water partition coefficient (Wildman–Crippen LogP) is 0.146. The van der Waals surface area contributed by atoms with Crippen molar-refractivity contribution in [2.75, 3.05) is 33.7 Å². The summed E-state index contributed by atoms with van der Waals surface area (Å²) in [5, 5.41) is 10.4. The van der Waals surface area contributed by atoms with Crippen molar-refractivity contribution in [1.82, 2.24) is 19.8 Å². The zero-order chi connectivity index (χ0) is 12.3. The molecule has 0 radical (unpaired) electrons. The molecule has 1 saturated heterocycles. The summed E-state index contributed by atoms with van der Waals surface area (Å²) in [5.74, 6) is 0. The molecular weight excluding hydrogens is 216 g/mol. The summed E-state index contributed by atoms with van der Waals surface area (Å²) in [4.78, 5) is 12.7. The lowest BCUT2D eigenvalue weighted by Gasteiger charge is -2.31. The van der Waals surface area contributed by atoms with Crippen molar-refractivity contribution >= 4 is 0 Å². The van der Waals surface area contributed by atoms with Gasteiger partial charge in [0.25, 0.3) is 0 Å². The lowest BCUT2D eigenvalue weighted by molar-refractivity contribution is 0.0540. The maximum absolute atomic E-state index is 10.4. The summed E-state index contributed by atoms with van der Waals surface area (Å²) in [5.41, 5.74) is 0.652. The van der Waals surface area contributed by atoms with E-state index in [0.29, 0.717) is 5.69 Å². The fraction of sp³-hybridized carbons (Fsp3) is 0.667. The minimum absolute atomic E-state index is 0.0826. The monoisotopic (exact) mass is 236 g/mol. The van der Waals surface area contributed by atoms with Gasteiger partial charge in [0.1, 0.15) is 6.10 Å². The van der Waals surface area contributed by atoms with E-state index in [1.165, 1.54) is 0 Å².